The third-order valence-corrected chi connectivity index (χ3v) is 5.19. The van der Waals surface area contributed by atoms with Gasteiger partial charge in [-0.05, 0) is 55.1 Å². The first-order valence-electron chi connectivity index (χ1n) is 8.64. The lowest BCUT2D eigenvalue weighted by atomic mass is 10.1. The van der Waals surface area contributed by atoms with Crippen LogP contribution in [0.2, 0.25) is 0 Å². The van der Waals surface area contributed by atoms with Crippen LogP contribution < -0.4 is 5.32 Å². The molecule has 0 aliphatic rings. The third kappa shape index (κ3) is 3.57. The fourth-order valence-corrected chi connectivity index (χ4v) is 3.67. The van der Waals surface area contributed by atoms with Gasteiger partial charge in [-0.15, -0.1) is 11.3 Å². The van der Waals surface area contributed by atoms with Gasteiger partial charge in [-0.1, -0.05) is 23.8 Å². The summed E-state index contributed by atoms with van der Waals surface area (Å²) in [7, 11) is 0. The molecule has 27 heavy (non-hydrogen) atoms. The lowest BCUT2D eigenvalue weighted by Gasteiger charge is -2.11. The molecule has 4 aromatic rings. The standard InChI is InChI=1S/C21H19N3O2S/c1-14-7-8-18(15(2)11-14)24-19(12-17(23-24)20-6-4-10-27-20)21(25)22-13-16-5-3-9-26-16/h3-12H,13H2,1-2H3,(H,22,25). The smallest absolute Gasteiger partial charge is 0.270 e. The van der Waals surface area contributed by atoms with Crippen LogP contribution in [0, 0.1) is 13.8 Å². The first-order chi connectivity index (χ1) is 13.1. The van der Waals surface area contributed by atoms with Crippen molar-refractivity contribution in [1.82, 2.24) is 15.1 Å². The van der Waals surface area contributed by atoms with Crippen molar-refractivity contribution in [3.05, 3.63) is 82.8 Å². The van der Waals surface area contributed by atoms with Crippen molar-refractivity contribution < 1.29 is 9.21 Å². The van der Waals surface area contributed by atoms with E-state index in [1.807, 2.05) is 55.6 Å². The second-order valence-electron chi connectivity index (χ2n) is 6.36. The van der Waals surface area contributed by atoms with Gasteiger partial charge >= 0.3 is 0 Å². The molecule has 4 rings (SSSR count). The average molecular weight is 377 g/mol. The molecule has 0 spiro atoms. The van der Waals surface area contributed by atoms with Gasteiger partial charge in [-0.3, -0.25) is 4.79 Å². The normalized spacial score (nSPS) is 10.9. The highest BCUT2D eigenvalue weighted by atomic mass is 32.1. The summed E-state index contributed by atoms with van der Waals surface area (Å²) in [6.07, 6.45) is 1.59. The van der Waals surface area contributed by atoms with E-state index in [9.17, 15) is 4.79 Å². The second kappa shape index (κ2) is 7.25. The molecule has 0 atom stereocenters. The highest BCUT2D eigenvalue weighted by molar-refractivity contribution is 7.13. The topological polar surface area (TPSA) is 60.1 Å². The molecule has 6 heteroatoms. The van der Waals surface area contributed by atoms with E-state index in [0.29, 0.717) is 18.0 Å². The molecule has 0 saturated heterocycles. The van der Waals surface area contributed by atoms with Crippen molar-refractivity contribution >= 4 is 17.2 Å². The van der Waals surface area contributed by atoms with Gasteiger partial charge in [0.15, 0.2) is 0 Å². The number of rotatable bonds is 5. The number of hydrogen-bond donors (Lipinski definition) is 1. The van der Waals surface area contributed by atoms with Crippen molar-refractivity contribution in [1.29, 1.82) is 0 Å². The van der Waals surface area contributed by atoms with Crippen molar-refractivity contribution in [3.63, 3.8) is 0 Å². The minimum Gasteiger partial charge on any atom is -0.467 e. The van der Waals surface area contributed by atoms with Crippen LogP contribution in [0.5, 0.6) is 0 Å². The number of amides is 1. The maximum absolute atomic E-state index is 12.9. The Kier molecular flexibility index (Phi) is 4.64. The monoisotopic (exact) mass is 377 g/mol. The number of carbonyl (C=O) groups is 1. The number of nitrogens with one attached hydrogen (secondary N) is 1. The summed E-state index contributed by atoms with van der Waals surface area (Å²) in [5.74, 6) is 0.515. The van der Waals surface area contributed by atoms with Gasteiger partial charge in [-0.25, -0.2) is 4.68 Å². The van der Waals surface area contributed by atoms with E-state index >= 15 is 0 Å². The molecule has 5 nitrogen and oxygen atoms in total. The Hall–Kier alpha value is -3.12. The Bertz CT molecular complexity index is 1060. The van der Waals surface area contributed by atoms with E-state index in [1.165, 1.54) is 5.56 Å². The van der Waals surface area contributed by atoms with Crippen LogP contribution in [0.25, 0.3) is 16.3 Å². The first kappa shape index (κ1) is 17.3. The minimum absolute atomic E-state index is 0.193. The SMILES string of the molecule is Cc1ccc(-n2nc(-c3cccs3)cc2C(=O)NCc2ccco2)c(C)c1. The van der Waals surface area contributed by atoms with Crippen molar-refractivity contribution in [2.75, 3.05) is 0 Å². The lowest BCUT2D eigenvalue weighted by molar-refractivity contribution is 0.0940. The zero-order valence-electron chi connectivity index (χ0n) is 15.1. The van der Waals surface area contributed by atoms with Gasteiger partial charge in [0.25, 0.3) is 5.91 Å². The number of aryl methyl sites for hydroxylation is 2. The quantitative estimate of drug-likeness (QED) is 0.546. The van der Waals surface area contributed by atoms with Crippen LogP contribution in [0.15, 0.2) is 64.6 Å². The first-order valence-corrected chi connectivity index (χ1v) is 9.52. The molecule has 1 aromatic carbocycles. The van der Waals surface area contributed by atoms with Gasteiger partial charge in [0.05, 0.1) is 23.4 Å². The molecule has 0 aliphatic carbocycles. The molecule has 3 aromatic heterocycles. The van der Waals surface area contributed by atoms with Crippen LogP contribution >= 0.6 is 11.3 Å². The Morgan fingerprint density at radius 2 is 2.07 bits per heavy atom. The summed E-state index contributed by atoms with van der Waals surface area (Å²) in [4.78, 5) is 13.9. The largest absolute Gasteiger partial charge is 0.467 e. The van der Waals surface area contributed by atoms with E-state index < -0.39 is 0 Å². The molecule has 0 aliphatic heterocycles. The molecule has 0 radical (unpaired) electrons. The molecule has 1 N–H and O–H groups in total. The van der Waals surface area contributed by atoms with Gasteiger partial charge < -0.3 is 9.73 Å². The van der Waals surface area contributed by atoms with Gasteiger partial charge in [0.1, 0.15) is 17.1 Å². The Morgan fingerprint density at radius 3 is 2.78 bits per heavy atom. The molecule has 136 valence electrons. The summed E-state index contributed by atoms with van der Waals surface area (Å²) in [5, 5.41) is 9.64. The Labute approximate surface area is 161 Å². The number of furan rings is 1. The number of nitrogens with zero attached hydrogens (tertiary/aromatic N) is 2. The molecule has 0 saturated carbocycles. The number of thiophene rings is 1. The van der Waals surface area contributed by atoms with E-state index in [2.05, 4.69) is 11.4 Å². The lowest BCUT2D eigenvalue weighted by Crippen LogP contribution is -2.25. The van der Waals surface area contributed by atoms with Gasteiger partial charge in [-0.2, -0.15) is 5.10 Å². The predicted molar refractivity (Wildman–Crippen MR) is 106 cm³/mol. The van der Waals surface area contributed by atoms with Crippen LogP contribution in [0.1, 0.15) is 27.4 Å². The second-order valence-corrected chi connectivity index (χ2v) is 7.30. The summed E-state index contributed by atoms with van der Waals surface area (Å²) in [6.45, 7) is 4.41. The number of aromatic nitrogens is 2. The molecule has 0 fully saturated rings. The molecule has 3 heterocycles. The predicted octanol–water partition coefficient (Wildman–Crippen LogP) is 4.74. The van der Waals surface area contributed by atoms with E-state index in [4.69, 9.17) is 9.52 Å². The van der Waals surface area contributed by atoms with E-state index in [1.54, 1.807) is 28.3 Å². The summed E-state index contributed by atoms with van der Waals surface area (Å²) in [6, 6.07) is 15.6. The van der Waals surface area contributed by atoms with Crippen molar-refractivity contribution in [2.45, 2.75) is 20.4 Å². The Balaban J connectivity index is 1.73. The highest BCUT2D eigenvalue weighted by Crippen LogP contribution is 2.27. The van der Waals surface area contributed by atoms with Crippen LogP contribution in [-0.4, -0.2) is 15.7 Å². The minimum atomic E-state index is -0.193. The maximum Gasteiger partial charge on any atom is 0.270 e. The van der Waals surface area contributed by atoms with Crippen molar-refractivity contribution in [2.24, 2.45) is 0 Å². The zero-order chi connectivity index (χ0) is 18.8. The van der Waals surface area contributed by atoms with Crippen molar-refractivity contribution in [3.8, 4) is 16.3 Å². The van der Waals surface area contributed by atoms with Gasteiger partial charge in [0.2, 0.25) is 0 Å². The Morgan fingerprint density at radius 1 is 1.19 bits per heavy atom. The molecular weight excluding hydrogens is 358 g/mol. The number of hydrogen-bond acceptors (Lipinski definition) is 4. The van der Waals surface area contributed by atoms with Crippen LogP contribution in [-0.2, 0) is 6.54 Å². The van der Waals surface area contributed by atoms with Gasteiger partial charge in [0, 0.05) is 0 Å². The van der Waals surface area contributed by atoms with E-state index in [0.717, 1.165) is 21.8 Å². The molecular formula is C21H19N3O2S. The average Bonchev–Trinajstić information content (AvgIpc) is 3.39. The summed E-state index contributed by atoms with van der Waals surface area (Å²) < 4.78 is 7.02. The third-order valence-electron chi connectivity index (χ3n) is 4.30. The highest BCUT2D eigenvalue weighted by Gasteiger charge is 2.19. The number of benzene rings is 1. The summed E-state index contributed by atoms with van der Waals surface area (Å²) >= 11 is 1.60. The fraction of sp³-hybridized carbons (Fsp3) is 0.143. The maximum atomic E-state index is 12.9. The molecule has 0 unspecified atom stereocenters. The van der Waals surface area contributed by atoms with Crippen LogP contribution in [0.4, 0.5) is 0 Å². The zero-order valence-corrected chi connectivity index (χ0v) is 15.9. The number of carbonyl (C=O) groups excluding carboxylic acids is 1. The van der Waals surface area contributed by atoms with Crippen LogP contribution in [0.3, 0.4) is 0 Å². The fourth-order valence-electron chi connectivity index (χ4n) is 2.99. The van der Waals surface area contributed by atoms with E-state index in [-0.39, 0.29) is 5.91 Å². The molecule has 0 bridgehead atoms. The molecule has 1 amide bonds. The summed E-state index contributed by atoms with van der Waals surface area (Å²) in [5.41, 5.74) is 4.42.